The molecule has 264 valence electrons. The topological polar surface area (TPSA) is 37.8 Å². The Hall–Kier alpha value is -7.11. The average Bonchev–Trinajstić information content (AvgIpc) is 3.23. The summed E-state index contributed by atoms with van der Waals surface area (Å²) in [7, 11) is 0. The van der Waals surface area contributed by atoms with E-state index in [4.69, 9.17) is 14.5 Å². The van der Waals surface area contributed by atoms with Gasteiger partial charge in [0, 0.05) is 22.5 Å². The summed E-state index contributed by atoms with van der Waals surface area (Å²) >= 11 is 0. The zero-order valence-electron chi connectivity index (χ0n) is 30.8. The fourth-order valence-corrected chi connectivity index (χ4v) is 7.72. The number of pyridine rings is 1. The highest BCUT2D eigenvalue weighted by atomic mass is 16.5. The number of hydrogen-bond donors (Lipinski definition) is 0. The van der Waals surface area contributed by atoms with E-state index >= 15 is 0 Å². The number of nitrogens with zero attached hydrogens (tertiary/aromatic N) is 3. The van der Waals surface area contributed by atoms with Crippen molar-refractivity contribution in [2.75, 3.05) is 9.80 Å². The standard InChI is InChI=1S/C50H37N3O2/c1-32-28-37(29-33(2)34(32)3)38-30-41(35-20-24-39(25-21-35)52-43-12-4-8-16-47(43)54-48-17-9-5-13-44(48)52)51-42(31-38)36-22-26-40(27-23-36)53-45-14-6-10-18-49(45)55-50-19-11-7-15-46(50)53/h4-31H,1-3H3. The lowest BCUT2D eigenvalue weighted by Gasteiger charge is -2.32. The molecule has 0 fully saturated rings. The molecule has 7 aromatic carbocycles. The van der Waals surface area contributed by atoms with Crippen LogP contribution in [0.25, 0.3) is 33.6 Å². The summed E-state index contributed by atoms with van der Waals surface area (Å²) in [4.78, 5) is 9.85. The average molecular weight is 712 g/mol. The molecule has 0 radical (unpaired) electrons. The van der Waals surface area contributed by atoms with Crippen LogP contribution in [0.1, 0.15) is 16.7 Å². The molecule has 0 unspecified atom stereocenters. The molecule has 2 aliphatic rings. The lowest BCUT2D eigenvalue weighted by Crippen LogP contribution is -2.15. The highest BCUT2D eigenvalue weighted by Gasteiger charge is 2.27. The monoisotopic (exact) mass is 711 g/mol. The molecule has 0 saturated heterocycles. The Kier molecular flexibility index (Phi) is 7.74. The molecule has 5 heteroatoms. The van der Waals surface area contributed by atoms with Crippen molar-refractivity contribution in [3.8, 4) is 56.6 Å². The van der Waals surface area contributed by atoms with Gasteiger partial charge in [0.2, 0.25) is 0 Å². The maximum atomic E-state index is 6.27. The summed E-state index contributed by atoms with van der Waals surface area (Å²) in [6, 6.07) is 59.1. The first-order chi connectivity index (χ1) is 27.0. The predicted octanol–water partition coefficient (Wildman–Crippen LogP) is 14.2. The van der Waals surface area contributed by atoms with E-state index in [-0.39, 0.29) is 0 Å². The van der Waals surface area contributed by atoms with E-state index in [1.807, 2.05) is 72.8 Å². The van der Waals surface area contributed by atoms with E-state index in [1.54, 1.807) is 0 Å². The molecule has 5 nitrogen and oxygen atoms in total. The molecule has 55 heavy (non-hydrogen) atoms. The Balaban J connectivity index is 1.06. The number of aromatic nitrogens is 1. The fourth-order valence-electron chi connectivity index (χ4n) is 7.72. The SMILES string of the molecule is Cc1cc(-c2cc(-c3ccc(N4c5ccccc5Oc5ccccc54)cc3)nc(-c3ccc(N4c5ccccc5Oc5ccccc54)cc3)c2)cc(C)c1C. The molecule has 3 heterocycles. The number of rotatable bonds is 5. The highest BCUT2D eigenvalue weighted by molar-refractivity contribution is 5.89. The molecule has 8 aromatic rings. The number of benzene rings is 7. The second-order valence-corrected chi connectivity index (χ2v) is 14.2. The lowest BCUT2D eigenvalue weighted by atomic mass is 9.94. The largest absolute Gasteiger partial charge is 0.453 e. The molecule has 0 aliphatic carbocycles. The van der Waals surface area contributed by atoms with Gasteiger partial charge in [-0.15, -0.1) is 0 Å². The van der Waals surface area contributed by atoms with E-state index in [9.17, 15) is 0 Å². The van der Waals surface area contributed by atoms with Crippen molar-refractivity contribution in [1.82, 2.24) is 4.98 Å². The van der Waals surface area contributed by atoms with Crippen LogP contribution in [-0.2, 0) is 0 Å². The summed E-state index contributed by atoms with van der Waals surface area (Å²) in [5.74, 6) is 3.34. The van der Waals surface area contributed by atoms with Crippen LogP contribution < -0.4 is 19.3 Å². The molecular formula is C50H37N3O2. The van der Waals surface area contributed by atoms with Gasteiger partial charge in [0.05, 0.1) is 34.1 Å². The Bertz CT molecular complexity index is 2480. The fraction of sp³-hybridized carbons (Fsp3) is 0.0600. The first-order valence-electron chi connectivity index (χ1n) is 18.6. The van der Waals surface area contributed by atoms with Gasteiger partial charge in [-0.1, -0.05) is 84.9 Å². The number of hydrogen-bond acceptors (Lipinski definition) is 5. The van der Waals surface area contributed by atoms with E-state index in [1.165, 1.54) is 22.3 Å². The van der Waals surface area contributed by atoms with Crippen LogP contribution in [0.2, 0.25) is 0 Å². The molecule has 0 amide bonds. The summed E-state index contributed by atoms with van der Waals surface area (Å²) in [5, 5.41) is 0. The summed E-state index contributed by atoms with van der Waals surface area (Å²) in [5.41, 5.74) is 16.2. The third-order valence-electron chi connectivity index (χ3n) is 10.8. The molecular weight excluding hydrogens is 675 g/mol. The quantitative estimate of drug-likeness (QED) is 0.178. The van der Waals surface area contributed by atoms with Gasteiger partial charge in [-0.2, -0.15) is 0 Å². The first-order valence-corrected chi connectivity index (χ1v) is 18.6. The number of aryl methyl sites for hydroxylation is 2. The second-order valence-electron chi connectivity index (χ2n) is 14.2. The molecule has 0 spiro atoms. The predicted molar refractivity (Wildman–Crippen MR) is 224 cm³/mol. The molecule has 2 aliphatic heterocycles. The van der Waals surface area contributed by atoms with E-state index < -0.39 is 0 Å². The Morgan fingerprint density at radius 3 is 1.05 bits per heavy atom. The Labute approximate surface area is 321 Å². The summed E-state index contributed by atoms with van der Waals surface area (Å²) in [6.45, 7) is 6.57. The minimum Gasteiger partial charge on any atom is -0.453 e. The summed E-state index contributed by atoms with van der Waals surface area (Å²) in [6.07, 6.45) is 0. The molecule has 0 N–H and O–H groups in total. The zero-order chi connectivity index (χ0) is 37.0. The van der Waals surface area contributed by atoms with Crippen LogP contribution in [0, 0.1) is 20.8 Å². The molecule has 10 rings (SSSR count). The molecule has 0 saturated carbocycles. The van der Waals surface area contributed by atoms with Crippen LogP contribution in [0.5, 0.6) is 23.0 Å². The van der Waals surface area contributed by atoms with Gasteiger partial charge in [-0.05, 0) is 134 Å². The molecule has 1 aromatic heterocycles. The van der Waals surface area contributed by atoms with Gasteiger partial charge in [0.25, 0.3) is 0 Å². The van der Waals surface area contributed by atoms with Gasteiger partial charge in [0.15, 0.2) is 23.0 Å². The lowest BCUT2D eigenvalue weighted by molar-refractivity contribution is 0.477. The number of para-hydroxylation sites is 8. The van der Waals surface area contributed by atoms with Crippen molar-refractivity contribution in [3.63, 3.8) is 0 Å². The van der Waals surface area contributed by atoms with Crippen LogP contribution >= 0.6 is 0 Å². The third-order valence-corrected chi connectivity index (χ3v) is 10.8. The van der Waals surface area contributed by atoms with E-state index in [0.29, 0.717) is 0 Å². The zero-order valence-corrected chi connectivity index (χ0v) is 30.8. The molecule has 0 atom stereocenters. The van der Waals surface area contributed by atoms with E-state index in [0.717, 1.165) is 85.2 Å². The van der Waals surface area contributed by atoms with Crippen molar-refractivity contribution < 1.29 is 9.47 Å². The normalized spacial score (nSPS) is 12.5. The van der Waals surface area contributed by atoms with Gasteiger partial charge < -0.3 is 19.3 Å². The van der Waals surface area contributed by atoms with Crippen molar-refractivity contribution in [3.05, 3.63) is 187 Å². The van der Waals surface area contributed by atoms with E-state index in [2.05, 4.69) is 128 Å². The van der Waals surface area contributed by atoms with Crippen molar-refractivity contribution >= 4 is 34.1 Å². The van der Waals surface area contributed by atoms with Crippen molar-refractivity contribution in [2.45, 2.75) is 20.8 Å². The van der Waals surface area contributed by atoms with Gasteiger partial charge in [-0.25, -0.2) is 4.98 Å². The Morgan fingerprint density at radius 2 is 0.691 bits per heavy atom. The number of fused-ring (bicyclic) bond motifs is 4. The van der Waals surface area contributed by atoms with Gasteiger partial charge >= 0.3 is 0 Å². The second kappa shape index (κ2) is 13.1. The van der Waals surface area contributed by atoms with Crippen molar-refractivity contribution in [1.29, 1.82) is 0 Å². The minimum atomic E-state index is 0.834. The number of anilines is 6. The van der Waals surface area contributed by atoms with Crippen LogP contribution in [0.4, 0.5) is 34.1 Å². The molecule has 0 bridgehead atoms. The maximum Gasteiger partial charge on any atom is 0.151 e. The highest BCUT2D eigenvalue weighted by Crippen LogP contribution is 2.51. The minimum absolute atomic E-state index is 0.834. The Morgan fingerprint density at radius 1 is 0.364 bits per heavy atom. The van der Waals surface area contributed by atoms with Crippen LogP contribution in [0.15, 0.2) is 170 Å². The third kappa shape index (κ3) is 5.69. The summed E-state index contributed by atoms with van der Waals surface area (Å²) < 4.78 is 12.5. The van der Waals surface area contributed by atoms with Crippen LogP contribution in [-0.4, -0.2) is 4.98 Å². The van der Waals surface area contributed by atoms with Gasteiger partial charge in [0.1, 0.15) is 0 Å². The number of ether oxygens (including phenoxy) is 2. The first kappa shape index (κ1) is 32.5. The van der Waals surface area contributed by atoms with Gasteiger partial charge in [-0.3, -0.25) is 0 Å². The van der Waals surface area contributed by atoms with Crippen LogP contribution in [0.3, 0.4) is 0 Å². The van der Waals surface area contributed by atoms with Crippen molar-refractivity contribution in [2.24, 2.45) is 0 Å². The smallest absolute Gasteiger partial charge is 0.151 e. The maximum absolute atomic E-state index is 6.27.